The molecule has 0 aliphatic heterocycles. The second kappa shape index (κ2) is 9.13. The van der Waals surface area contributed by atoms with E-state index in [0.717, 1.165) is 21.8 Å². The van der Waals surface area contributed by atoms with Crippen LogP contribution in [-0.2, 0) is 11.3 Å². The number of thiazole rings is 1. The first-order valence-corrected chi connectivity index (χ1v) is 9.83. The molecule has 4 nitrogen and oxygen atoms in total. The van der Waals surface area contributed by atoms with Crippen LogP contribution in [0.15, 0.2) is 54.6 Å². The Kier molecular flexibility index (Phi) is 6.61. The lowest BCUT2D eigenvalue weighted by Gasteiger charge is -2.22. The van der Waals surface area contributed by atoms with Crippen molar-refractivity contribution in [2.75, 3.05) is 20.3 Å². The van der Waals surface area contributed by atoms with Crippen molar-refractivity contribution in [3.8, 4) is 10.6 Å². The molecule has 0 saturated heterocycles. The van der Waals surface area contributed by atoms with E-state index in [2.05, 4.69) is 4.98 Å². The van der Waals surface area contributed by atoms with Gasteiger partial charge in [0, 0.05) is 30.8 Å². The zero-order chi connectivity index (χ0) is 19.2. The van der Waals surface area contributed by atoms with E-state index >= 15 is 0 Å². The van der Waals surface area contributed by atoms with Crippen LogP contribution < -0.4 is 0 Å². The molecule has 27 heavy (non-hydrogen) atoms. The Hall–Kier alpha value is -2.21. The van der Waals surface area contributed by atoms with Gasteiger partial charge in [-0.2, -0.15) is 0 Å². The van der Waals surface area contributed by atoms with Gasteiger partial charge in [-0.25, -0.2) is 4.98 Å². The zero-order valence-electron chi connectivity index (χ0n) is 15.3. The van der Waals surface area contributed by atoms with Crippen molar-refractivity contribution >= 4 is 28.8 Å². The van der Waals surface area contributed by atoms with Crippen molar-refractivity contribution in [3.63, 3.8) is 0 Å². The number of carbonyl (C=O) groups excluding carboxylic acids is 1. The van der Waals surface area contributed by atoms with Gasteiger partial charge >= 0.3 is 0 Å². The van der Waals surface area contributed by atoms with E-state index in [1.165, 1.54) is 11.3 Å². The van der Waals surface area contributed by atoms with Crippen LogP contribution in [0.1, 0.15) is 20.9 Å². The van der Waals surface area contributed by atoms with Crippen LogP contribution in [0.25, 0.3) is 10.6 Å². The van der Waals surface area contributed by atoms with Crippen LogP contribution >= 0.6 is 22.9 Å². The van der Waals surface area contributed by atoms with Gasteiger partial charge in [-0.3, -0.25) is 4.79 Å². The summed E-state index contributed by atoms with van der Waals surface area (Å²) in [5.74, 6) is -0.0285. The van der Waals surface area contributed by atoms with Crippen LogP contribution in [0.2, 0.25) is 5.02 Å². The lowest BCUT2D eigenvalue weighted by molar-refractivity contribution is 0.0684. The summed E-state index contributed by atoms with van der Waals surface area (Å²) >= 11 is 7.49. The largest absolute Gasteiger partial charge is 0.383 e. The third-order valence-corrected chi connectivity index (χ3v) is 5.56. The molecule has 0 saturated carbocycles. The van der Waals surface area contributed by atoms with Crippen LogP contribution in [-0.4, -0.2) is 36.1 Å². The van der Waals surface area contributed by atoms with Crippen molar-refractivity contribution in [1.29, 1.82) is 0 Å². The lowest BCUT2D eigenvalue weighted by atomic mass is 10.2. The van der Waals surface area contributed by atoms with E-state index < -0.39 is 0 Å². The Morgan fingerprint density at radius 1 is 1.19 bits per heavy atom. The number of aryl methyl sites for hydroxylation is 1. The smallest absolute Gasteiger partial charge is 0.266 e. The first-order chi connectivity index (χ1) is 13.1. The summed E-state index contributed by atoms with van der Waals surface area (Å²) in [6.45, 7) is 3.41. The monoisotopic (exact) mass is 400 g/mol. The van der Waals surface area contributed by atoms with Gasteiger partial charge in [0.15, 0.2) is 0 Å². The molecule has 3 rings (SSSR count). The van der Waals surface area contributed by atoms with Crippen molar-refractivity contribution in [3.05, 3.63) is 75.8 Å². The van der Waals surface area contributed by atoms with Crippen molar-refractivity contribution in [2.45, 2.75) is 13.5 Å². The Bertz CT molecular complexity index is 912. The molecule has 0 N–H and O–H groups in total. The summed E-state index contributed by atoms with van der Waals surface area (Å²) in [6, 6.07) is 17.5. The molecule has 0 unspecified atom stereocenters. The highest BCUT2D eigenvalue weighted by atomic mass is 35.5. The zero-order valence-corrected chi connectivity index (χ0v) is 16.9. The molecule has 3 aromatic rings. The number of benzene rings is 2. The number of aromatic nitrogens is 1. The van der Waals surface area contributed by atoms with E-state index in [9.17, 15) is 4.79 Å². The number of hydrogen-bond donors (Lipinski definition) is 0. The molecule has 0 aliphatic rings. The van der Waals surface area contributed by atoms with Gasteiger partial charge in [0.1, 0.15) is 9.88 Å². The molecule has 0 fully saturated rings. The second-order valence-corrected chi connectivity index (χ2v) is 7.58. The molecule has 1 amide bonds. The number of nitrogens with zero attached hydrogens (tertiary/aromatic N) is 2. The maximum atomic E-state index is 13.2. The van der Waals surface area contributed by atoms with E-state index in [-0.39, 0.29) is 5.91 Å². The van der Waals surface area contributed by atoms with Crippen LogP contribution in [0.5, 0.6) is 0 Å². The number of rotatable bonds is 7. The van der Waals surface area contributed by atoms with Gasteiger partial charge in [0.2, 0.25) is 0 Å². The number of methoxy groups -OCH3 is 1. The fourth-order valence-corrected chi connectivity index (χ4v) is 3.96. The van der Waals surface area contributed by atoms with Crippen molar-refractivity contribution < 1.29 is 9.53 Å². The van der Waals surface area contributed by atoms with Gasteiger partial charge in [-0.05, 0) is 24.6 Å². The number of halogens is 1. The van der Waals surface area contributed by atoms with Crippen LogP contribution in [0.3, 0.4) is 0 Å². The van der Waals surface area contributed by atoms with Gasteiger partial charge in [-0.15, -0.1) is 11.3 Å². The molecule has 140 valence electrons. The minimum atomic E-state index is -0.0285. The Morgan fingerprint density at radius 3 is 2.67 bits per heavy atom. The maximum Gasteiger partial charge on any atom is 0.266 e. The fraction of sp³-hybridized carbons (Fsp3) is 0.238. The third-order valence-electron chi connectivity index (χ3n) is 4.13. The molecule has 0 radical (unpaired) electrons. The summed E-state index contributed by atoms with van der Waals surface area (Å²) in [6.07, 6.45) is 0. The average molecular weight is 401 g/mol. The Balaban J connectivity index is 1.87. The second-order valence-electron chi connectivity index (χ2n) is 6.15. The summed E-state index contributed by atoms with van der Waals surface area (Å²) in [5.41, 5.74) is 2.73. The summed E-state index contributed by atoms with van der Waals surface area (Å²) in [5, 5.41) is 1.45. The first kappa shape index (κ1) is 19.5. The van der Waals surface area contributed by atoms with Gasteiger partial charge in [0.05, 0.1) is 12.3 Å². The Labute approximate surface area is 168 Å². The average Bonchev–Trinajstić information content (AvgIpc) is 3.07. The third kappa shape index (κ3) is 4.95. The molecule has 0 atom stereocenters. The highest BCUT2D eigenvalue weighted by Crippen LogP contribution is 2.30. The van der Waals surface area contributed by atoms with E-state index in [1.807, 2.05) is 61.5 Å². The molecule has 2 aromatic carbocycles. The fourth-order valence-electron chi connectivity index (χ4n) is 2.74. The molecular weight excluding hydrogens is 380 g/mol. The van der Waals surface area contributed by atoms with E-state index in [0.29, 0.717) is 29.6 Å². The number of amides is 1. The number of ether oxygens (including phenoxy) is 1. The standard InChI is InChI=1S/C21H21ClN2O2S/c1-15-19(27-20(23-15)17-9-6-10-18(22)13-17)21(25)24(11-12-26-2)14-16-7-4-3-5-8-16/h3-10,13H,11-12,14H2,1-2H3. The highest BCUT2D eigenvalue weighted by molar-refractivity contribution is 7.17. The molecule has 6 heteroatoms. The molecule has 0 aliphatic carbocycles. The quantitative estimate of drug-likeness (QED) is 0.556. The predicted octanol–water partition coefficient (Wildman–Crippen LogP) is 5.06. The van der Waals surface area contributed by atoms with Crippen molar-refractivity contribution in [1.82, 2.24) is 9.88 Å². The van der Waals surface area contributed by atoms with Crippen LogP contribution in [0.4, 0.5) is 0 Å². The SMILES string of the molecule is COCCN(Cc1ccccc1)C(=O)c1sc(-c2cccc(Cl)c2)nc1C. The molecular formula is C21H21ClN2O2S. The molecule has 1 heterocycles. The summed E-state index contributed by atoms with van der Waals surface area (Å²) < 4.78 is 5.19. The van der Waals surface area contributed by atoms with Gasteiger partial charge in [0.25, 0.3) is 5.91 Å². The van der Waals surface area contributed by atoms with Crippen molar-refractivity contribution in [2.24, 2.45) is 0 Å². The number of carbonyl (C=O) groups is 1. The number of hydrogen-bond acceptors (Lipinski definition) is 4. The minimum absolute atomic E-state index is 0.0285. The first-order valence-electron chi connectivity index (χ1n) is 8.64. The minimum Gasteiger partial charge on any atom is -0.383 e. The van der Waals surface area contributed by atoms with E-state index in [1.54, 1.807) is 12.0 Å². The summed E-state index contributed by atoms with van der Waals surface area (Å²) in [7, 11) is 1.64. The summed E-state index contributed by atoms with van der Waals surface area (Å²) in [4.78, 5) is 20.3. The topological polar surface area (TPSA) is 42.4 Å². The maximum absolute atomic E-state index is 13.2. The predicted molar refractivity (Wildman–Crippen MR) is 110 cm³/mol. The van der Waals surface area contributed by atoms with Crippen LogP contribution in [0, 0.1) is 6.92 Å². The molecule has 0 bridgehead atoms. The van der Waals surface area contributed by atoms with Gasteiger partial charge in [-0.1, -0.05) is 54.1 Å². The van der Waals surface area contributed by atoms with Gasteiger partial charge < -0.3 is 9.64 Å². The normalized spacial score (nSPS) is 10.8. The molecule has 1 aromatic heterocycles. The Morgan fingerprint density at radius 2 is 1.96 bits per heavy atom. The lowest BCUT2D eigenvalue weighted by Crippen LogP contribution is -2.33. The molecule has 0 spiro atoms. The van der Waals surface area contributed by atoms with E-state index in [4.69, 9.17) is 16.3 Å². The highest BCUT2D eigenvalue weighted by Gasteiger charge is 2.22.